The number of nitriles is 1. The van der Waals surface area contributed by atoms with E-state index in [2.05, 4.69) is 37.2 Å². The van der Waals surface area contributed by atoms with Crippen molar-refractivity contribution in [2.24, 2.45) is 0 Å². The van der Waals surface area contributed by atoms with Gasteiger partial charge in [-0.25, -0.2) is 0 Å². The molecule has 5 heteroatoms. The molecule has 0 unspecified atom stereocenters. The Labute approximate surface area is 111 Å². The minimum Gasteiger partial charge on any atom is -0.324 e. The molecule has 16 heavy (non-hydrogen) atoms. The summed E-state index contributed by atoms with van der Waals surface area (Å²) in [6.45, 7) is 3.89. The first-order chi connectivity index (χ1) is 7.47. The summed E-state index contributed by atoms with van der Waals surface area (Å²) in [7, 11) is 0. The summed E-state index contributed by atoms with van der Waals surface area (Å²) in [6.07, 6.45) is -0.138. The molecule has 0 aliphatic carbocycles. The zero-order chi connectivity index (χ0) is 12.3. The third kappa shape index (κ3) is 2.83. The summed E-state index contributed by atoms with van der Waals surface area (Å²) in [6, 6.07) is 3.67. The normalized spacial score (nSPS) is 9.69. The number of aryl methyl sites for hydroxylation is 1. The summed E-state index contributed by atoms with van der Waals surface area (Å²) in [5.41, 5.74) is 2.75. The lowest BCUT2D eigenvalue weighted by Crippen LogP contribution is -2.11. The van der Waals surface area contributed by atoms with Gasteiger partial charge in [0.05, 0.1) is 11.8 Å². The van der Waals surface area contributed by atoms with E-state index in [1.165, 1.54) is 0 Å². The smallest absolute Gasteiger partial charge is 0.238 e. The van der Waals surface area contributed by atoms with Crippen molar-refractivity contribution >= 4 is 43.5 Å². The molecule has 0 fully saturated rings. The fourth-order valence-corrected chi connectivity index (χ4v) is 2.29. The molecule has 1 aromatic rings. The molecule has 1 aromatic carbocycles. The molecule has 1 rings (SSSR count). The molecule has 84 valence electrons. The number of hydrogen-bond acceptors (Lipinski definition) is 2. The van der Waals surface area contributed by atoms with Crippen LogP contribution in [-0.2, 0) is 4.79 Å². The molecule has 0 heterocycles. The monoisotopic (exact) mass is 344 g/mol. The topological polar surface area (TPSA) is 52.9 Å². The third-order valence-corrected chi connectivity index (χ3v) is 4.36. The number of anilines is 1. The second-order valence-electron chi connectivity index (χ2n) is 3.38. The molecule has 0 aromatic heterocycles. The molecule has 0 aliphatic heterocycles. The zero-order valence-electron chi connectivity index (χ0n) is 8.90. The second kappa shape index (κ2) is 5.46. The van der Waals surface area contributed by atoms with Gasteiger partial charge in [-0.3, -0.25) is 4.79 Å². The highest BCUT2D eigenvalue weighted by atomic mass is 79.9. The maximum absolute atomic E-state index is 11.3. The van der Waals surface area contributed by atoms with Gasteiger partial charge >= 0.3 is 0 Å². The Morgan fingerprint density at radius 3 is 2.62 bits per heavy atom. The van der Waals surface area contributed by atoms with Gasteiger partial charge in [0.15, 0.2) is 0 Å². The van der Waals surface area contributed by atoms with E-state index in [0.717, 1.165) is 20.1 Å². The third-order valence-electron chi connectivity index (χ3n) is 2.12. The molecule has 3 nitrogen and oxygen atoms in total. The summed E-state index contributed by atoms with van der Waals surface area (Å²) in [4.78, 5) is 11.3. The average Bonchev–Trinajstić information content (AvgIpc) is 2.23. The van der Waals surface area contributed by atoms with Crippen molar-refractivity contribution in [3.8, 4) is 6.07 Å². The van der Waals surface area contributed by atoms with E-state index in [1.807, 2.05) is 26.0 Å². The largest absolute Gasteiger partial charge is 0.324 e. The Morgan fingerprint density at radius 2 is 2.06 bits per heavy atom. The SMILES string of the molecule is Cc1cc(NC(=O)CC#N)c(Br)c(C)c1Br. The van der Waals surface area contributed by atoms with Gasteiger partial charge in [-0.1, -0.05) is 15.9 Å². The Hall–Kier alpha value is -0.860. The first-order valence-corrected chi connectivity index (χ1v) is 6.18. The van der Waals surface area contributed by atoms with Crippen molar-refractivity contribution in [1.29, 1.82) is 5.26 Å². The highest BCUT2D eigenvalue weighted by molar-refractivity contribution is 9.11. The first kappa shape index (κ1) is 13.2. The highest BCUT2D eigenvalue weighted by Crippen LogP contribution is 2.34. The molecule has 0 saturated heterocycles. The van der Waals surface area contributed by atoms with Gasteiger partial charge in [0.2, 0.25) is 5.91 Å². The number of amides is 1. The van der Waals surface area contributed by atoms with Crippen molar-refractivity contribution in [2.75, 3.05) is 5.32 Å². The van der Waals surface area contributed by atoms with Crippen LogP contribution in [0.4, 0.5) is 5.69 Å². The van der Waals surface area contributed by atoms with E-state index in [9.17, 15) is 4.79 Å². The van der Waals surface area contributed by atoms with Gasteiger partial charge in [-0.15, -0.1) is 0 Å². The molecular formula is C11H10Br2N2O. The fourth-order valence-electron chi connectivity index (χ4n) is 1.29. The van der Waals surface area contributed by atoms with Crippen LogP contribution >= 0.6 is 31.9 Å². The summed E-state index contributed by atoms with van der Waals surface area (Å²) >= 11 is 6.88. The quantitative estimate of drug-likeness (QED) is 0.888. The fraction of sp³-hybridized carbons (Fsp3) is 0.273. The first-order valence-electron chi connectivity index (χ1n) is 4.59. The molecule has 1 amide bonds. The van der Waals surface area contributed by atoms with E-state index >= 15 is 0 Å². The minimum atomic E-state index is -0.302. The standard InChI is InChI=1S/C11H10Br2N2O/c1-6-5-8(15-9(16)3-4-14)11(13)7(2)10(6)12/h5H,3H2,1-2H3,(H,15,16). The molecule has 0 atom stereocenters. The maximum Gasteiger partial charge on any atom is 0.238 e. The molecular weight excluding hydrogens is 336 g/mol. The Kier molecular flexibility index (Phi) is 4.51. The van der Waals surface area contributed by atoms with Crippen molar-refractivity contribution in [3.63, 3.8) is 0 Å². The van der Waals surface area contributed by atoms with Crippen molar-refractivity contribution in [1.82, 2.24) is 0 Å². The Bertz CT molecular complexity index is 478. The van der Waals surface area contributed by atoms with Gasteiger partial charge in [-0.2, -0.15) is 5.26 Å². The predicted octanol–water partition coefficient (Wildman–Crippen LogP) is 3.68. The highest BCUT2D eigenvalue weighted by Gasteiger charge is 2.11. The molecule has 1 N–H and O–H groups in total. The van der Waals surface area contributed by atoms with Crippen LogP contribution in [0, 0.1) is 25.2 Å². The Morgan fingerprint density at radius 1 is 1.44 bits per heavy atom. The molecule has 0 saturated carbocycles. The van der Waals surface area contributed by atoms with Gasteiger partial charge in [0.1, 0.15) is 6.42 Å². The second-order valence-corrected chi connectivity index (χ2v) is 4.96. The van der Waals surface area contributed by atoms with Gasteiger partial charge in [0, 0.05) is 8.95 Å². The average molecular weight is 346 g/mol. The number of carbonyl (C=O) groups is 1. The number of rotatable bonds is 2. The van der Waals surface area contributed by atoms with Crippen molar-refractivity contribution in [2.45, 2.75) is 20.3 Å². The summed E-state index contributed by atoms with van der Waals surface area (Å²) in [5.74, 6) is -0.302. The van der Waals surface area contributed by atoms with Crippen molar-refractivity contribution < 1.29 is 4.79 Å². The number of halogens is 2. The lowest BCUT2D eigenvalue weighted by atomic mass is 10.1. The van der Waals surface area contributed by atoms with Crippen LogP contribution in [0.5, 0.6) is 0 Å². The number of nitrogens with zero attached hydrogens (tertiary/aromatic N) is 1. The van der Waals surface area contributed by atoms with Crippen molar-refractivity contribution in [3.05, 3.63) is 26.1 Å². The van der Waals surface area contributed by atoms with Crippen LogP contribution in [0.25, 0.3) is 0 Å². The zero-order valence-corrected chi connectivity index (χ0v) is 12.1. The van der Waals surface area contributed by atoms with Gasteiger partial charge in [-0.05, 0) is 47.0 Å². The van der Waals surface area contributed by atoms with Crippen LogP contribution in [0.2, 0.25) is 0 Å². The van der Waals surface area contributed by atoms with E-state index < -0.39 is 0 Å². The predicted molar refractivity (Wildman–Crippen MR) is 70.2 cm³/mol. The summed E-state index contributed by atoms with van der Waals surface area (Å²) < 4.78 is 1.84. The molecule has 0 aliphatic rings. The van der Waals surface area contributed by atoms with E-state index in [-0.39, 0.29) is 12.3 Å². The van der Waals surface area contributed by atoms with Crippen LogP contribution in [0.3, 0.4) is 0 Å². The van der Waals surface area contributed by atoms with Crippen LogP contribution in [0.15, 0.2) is 15.0 Å². The number of benzene rings is 1. The van der Waals surface area contributed by atoms with Crippen LogP contribution in [0.1, 0.15) is 17.5 Å². The van der Waals surface area contributed by atoms with Gasteiger partial charge < -0.3 is 5.32 Å². The molecule has 0 radical (unpaired) electrons. The molecule has 0 spiro atoms. The summed E-state index contributed by atoms with van der Waals surface area (Å²) in [5, 5.41) is 11.1. The number of hydrogen-bond donors (Lipinski definition) is 1. The lowest BCUT2D eigenvalue weighted by Gasteiger charge is -2.12. The number of carbonyl (C=O) groups excluding carboxylic acids is 1. The Balaban J connectivity index is 3.07. The van der Waals surface area contributed by atoms with Crippen LogP contribution < -0.4 is 5.32 Å². The minimum absolute atomic E-state index is 0.138. The number of nitrogens with one attached hydrogen (secondary N) is 1. The van der Waals surface area contributed by atoms with Gasteiger partial charge in [0.25, 0.3) is 0 Å². The molecule has 0 bridgehead atoms. The van der Waals surface area contributed by atoms with Crippen LogP contribution in [-0.4, -0.2) is 5.91 Å². The van der Waals surface area contributed by atoms with E-state index in [4.69, 9.17) is 5.26 Å². The van der Waals surface area contributed by atoms with E-state index in [1.54, 1.807) is 0 Å². The van der Waals surface area contributed by atoms with E-state index in [0.29, 0.717) is 5.69 Å². The lowest BCUT2D eigenvalue weighted by molar-refractivity contribution is -0.115. The maximum atomic E-state index is 11.3.